The van der Waals surface area contributed by atoms with Crippen LogP contribution in [0.2, 0.25) is 0 Å². The Morgan fingerprint density at radius 2 is 2.15 bits per heavy atom. The summed E-state index contributed by atoms with van der Waals surface area (Å²) < 4.78 is 0. The average Bonchev–Trinajstić information content (AvgIpc) is 3.15. The predicted molar refractivity (Wildman–Crippen MR) is 83.5 cm³/mol. The third-order valence-corrected chi connectivity index (χ3v) is 4.39. The fraction of sp³-hybridized carbons (Fsp3) is 0.471. The minimum absolute atomic E-state index is 0.244. The SMILES string of the molecule is Cc1ccc2cc(C(CN)NCC3CC3C)ccc2n1. The van der Waals surface area contributed by atoms with Gasteiger partial charge in [0.25, 0.3) is 0 Å². The van der Waals surface area contributed by atoms with Crippen LogP contribution in [-0.2, 0) is 0 Å². The Kier molecular flexibility index (Phi) is 3.72. The van der Waals surface area contributed by atoms with Crippen LogP contribution in [0.3, 0.4) is 0 Å². The van der Waals surface area contributed by atoms with Crippen LogP contribution in [0.15, 0.2) is 30.3 Å². The molecule has 0 radical (unpaired) electrons. The second-order valence-electron chi connectivity index (χ2n) is 6.07. The molecule has 1 aliphatic carbocycles. The van der Waals surface area contributed by atoms with Crippen LogP contribution in [0, 0.1) is 18.8 Å². The van der Waals surface area contributed by atoms with Crippen molar-refractivity contribution in [3.05, 3.63) is 41.6 Å². The van der Waals surface area contributed by atoms with Crippen LogP contribution in [0.4, 0.5) is 0 Å². The van der Waals surface area contributed by atoms with Crippen molar-refractivity contribution in [2.24, 2.45) is 17.6 Å². The molecule has 0 amide bonds. The van der Waals surface area contributed by atoms with Gasteiger partial charge in [0.2, 0.25) is 0 Å². The van der Waals surface area contributed by atoms with E-state index < -0.39 is 0 Å². The molecule has 1 fully saturated rings. The maximum Gasteiger partial charge on any atom is 0.0705 e. The van der Waals surface area contributed by atoms with E-state index in [9.17, 15) is 0 Å². The lowest BCUT2D eigenvalue weighted by Crippen LogP contribution is -2.30. The van der Waals surface area contributed by atoms with E-state index in [4.69, 9.17) is 5.73 Å². The van der Waals surface area contributed by atoms with Gasteiger partial charge < -0.3 is 11.1 Å². The quantitative estimate of drug-likeness (QED) is 0.877. The summed E-state index contributed by atoms with van der Waals surface area (Å²) in [5.74, 6) is 1.72. The van der Waals surface area contributed by atoms with E-state index in [0.29, 0.717) is 6.54 Å². The number of nitrogens with zero attached hydrogens (tertiary/aromatic N) is 1. The predicted octanol–water partition coefficient (Wildman–Crippen LogP) is 2.79. The minimum atomic E-state index is 0.244. The average molecular weight is 269 g/mol. The lowest BCUT2D eigenvalue weighted by Gasteiger charge is -2.18. The zero-order valence-corrected chi connectivity index (χ0v) is 12.3. The molecule has 1 aromatic carbocycles. The van der Waals surface area contributed by atoms with Gasteiger partial charge in [-0.25, -0.2) is 0 Å². The largest absolute Gasteiger partial charge is 0.329 e. The first-order chi connectivity index (χ1) is 9.67. The number of aromatic nitrogens is 1. The van der Waals surface area contributed by atoms with Gasteiger partial charge in [0.05, 0.1) is 5.52 Å². The highest BCUT2D eigenvalue weighted by molar-refractivity contribution is 5.79. The molecule has 1 aromatic heterocycles. The molecule has 106 valence electrons. The highest BCUT2D eigenvalue weighted by Gasteiger charge is 2.32. The Labute approximate surface area is 120 Å². The van der Waals surface area contributed by atoms with E-state index in [-0.39, 0.29) is 6.04 Å². The van der Waals surface area contributed by atoms with Crippen molar-refractivity contribution in [1.82, 2.24) is 10.3 Å². The highest BCUT2D eigenvalue weighted by atomic mass is 14.9. The third kappa shape index (κ3) is 2.84. The summed E-state index contributed by atoms with van der Waals surface area (Å²) >= 11 is 0. The monoisotopic (exact) mass is 269 g/mol. The van der Waals surface area contributed by atoms with Gasteiger partial charge in [-0.1, -0.05) is 19.1 Å². The fourth-order valence-corrected chi connectivity index (χ4v) is 2.78. The number of nitrogens with two attached hydrogens (primary N) is 1. The second-order valence-corrected chi connectivity index (χ2v) is 6.07. The van der Waals surface area contributed by atoms with Gasteiger partial charge in [0, 0.05) is 23.7 Å². The van der Waals surface area contributed by atoms with Crippen molar-refractivity contribution >= 4 is 10.9 Å². The topological polar surface area (TPSA) is 50.9 Å². The standard InChI is InChI=1S/C17H23N3/c1-11-7-15(11)10-19-17(9-18)14-5-6-16-13(8-14)4-3-12(2)20-16/h3-6,8,11,15,17,19H,7,9-10,18H2,1-2H3. The Morgan fingerprint density at radius 3 is 2.85 bits per heavy atom. The van der Waals surface area contributed by atoms with Crippen molar-refractivity contribution in [2.75, 3.05) is 13.1 Å². The van der Waals surface area contributed by atoms with Crippen molar-refractivity contribution < 1.29 is 0 Å². The van der Waals surface area contributed by atoms with Crippen LogP contribution < -0.4 is 11.1 Å². The molecule has 3 rings (SSSR count). The number of pyridine rings is 1. The third-order valence-electron chi connectivity index (χ3n) is 4.39. The molecule has 3 N–H and O–H groups in total. The summed E-state index contributed by atoms with van der Waals surface area (Å²) in [4.78, 5) is 4.54. The molecule has 3 unspecified atom stereocenters. The number of hydrogen-bond donors (Lipinski definition) is 2. The van der Waals surface area contributed by atoms with Crippen molar-refractivity contribution in [3.8, 4) is 0 Å². The van der Waals surface area contributed by atoms with Crippen molar-refractivity contribution in [3.63, 3.8) is 0 Å². The lowest BCUT2D eigenvalue weighted by molar-refractivity contribution is 0.512. The lowest BCUT2D eigenvalue weighted by atomic mass is 10.0. The van der Waals surface area contributed by atoms with Gasteiger partial charge in [-0.15, -0.1) is 0 Å². The summed E-state index contributed by atoms with van der Waals surface area (Å²) in [6, 6.07) is 10.9. The first-order valence-corrected chi connectivity index (χ1v) is 7.48. The van der Waals surface area contributed by atoms with E-state index in [2.05, 4.69) is 47.6 Å². The molecular weight excluding hydrogens is 246 g/mol. The van der Waals surface area contributed by atoms with E-state index in [1.54, 1.807) is 0 Å². The molecule has 3 atom stereocenters. The van der Waals surface area contributed by atoms with Gasteiger partial charge in [0.1, 0.15) is 0 Å². The Bertz CT molecular complexity index is 608. The van der Waals surface area contributed by atoms with Crippen LogP contribution in [0.25, 0.3) is 10.9 Å². The van der Waals surface area contributed by atoms with Gasteiger partial charge in [-0.2, -0.15) is 0 Å². The summed E-state index contributed by atoms with van der Waals surface area (Å²) in [5, 5.41) is 4.80. The molecule has 1 heterocycles. The Balaban J connectivity index is 1.78. The summed E-state index contributed by atoms with van der Waals surface area (Å²) in [5.41, 5.74) is 9.31. The Hall–Kier alpha value is -1.45. The van der Waals surface area contributed by atoms with Gasteiger partial charge in [-0.05, 0) is 55.5 Å². The van der Waals surface area contributed by atoms with E-state index >= 15 is 0 Å². The molecule has 20 heavy (non-hydrogen) atoms. The smallest absolute Gasteiger partial charge is 0.0705 e. The molecule has 2 aromatic rings. The highest BCUT2D eigenvalue weighted by Crippen LogP contribution is 2.37. The number of fused-ring (bicyclic) bond motifs is 1. The van der Waals surface area contributed by atoms with Gasteiger partial charge >= 0.3 is 0 Å². The summed E-state index contributed by atoms with van der Waals surface area (Å²) in [6.07, 6.45) is 1.35. The first kappa shape index (κ1) is 13.5. The number of benzene rings is 1. The van der Waals surface area contributed by atoms with Crippen LogP contribution in [-0.4, -0.2) is 18.1 Å². The van der Waals surface area contributed by atoms with Crippen molar-refractivity contribution in [2.45, 2.75) is 26.3 Å². The molecular formula is C17H23N3. The zero-order chi connectivity index (χ0) is 14.1. The molecule has 0 bridgehead atoms. The first-order valence-electron chi connectivity index (χ1n) is 7.48. The summed E-state index contributed by atoms with van der Waals surface area (Å²) in [6.45, 7) is 6.04. The number of hydrogen-bond acceptors (Lipinski definition) is 3. The normalized spacial score (nSPS) is 22.9. The maximum atomic E-state index is 5.94. The maximum absolute atomic E-state index is 5.94. The number of aryl methyl sites for hydroxylation is 1. The van der Waals surface area contributed by atoms with E-state index in [0.717, 1.165) is 29.6 Å². The van der Waals surface area contributed by atoms with E-state index in [1.165, 1.54) is 17.4 Å². The van der Waals surface area contributed by atoms with Crippen LogP contribution in [0.5, 0.6) is 0 Å². The number of nitrogens with one attached hydrogen (secondary N) is 1. The molecule has 3 heteroatoms. The molecule has 1 saturated carbocycles. The minimum Gasteiger partial charge on any atom is -0.329 e. The molecule has 1 aliphatic rings. The Morgan fingerprint density at radius 1 is 1.35 bits per heavy atom. The van der Waals surface area contributed by atoms with Gasteiger partial charge in [0.15, 0.2) is 0 Å². The molecule has 3 nitrogen and oxygen atoms in total. The zero-order valence-electron chi connectivity index (χ0n) is 12.3. The fourth-order valence-electron chi connectivity index (χ4n) is 2.78. The van der Waals surface area contributed by atoms with Crippen LogP contribution in [0.1, 0.15) is 30.6 Å². The van der Waals surface area contributed by atoms with E-state index in [1.807, 2.05) is 6.92 Å². The molecule has 0 aliphatic heterocycles. The number of rotatable bonds is 5. The van der Waals surface area contributed by atoms with Crippen molar-refractivity contribution in [1.29, 1.82) is 0 Å². The molecule has 0 spiro atoms. The molecule has 0 saturated heterocycles. The van der Waals surface area contributed by atoms with Gasteiger partial charge in [-0.3, -0.25) is 4.98 Å². The second kappa shape index (κ2) is 5.51. The summed E-state index contributed by atoms with van der Waals surface area (Å²) in [7, 11) is 0. The van der Waals surface area contributed by atoms with Crippen LogP contribution >= 0.6 is 0 Å².